The highest BCUT2D eigenvalue weighted by Crippen LogP contribution is 2.28. The molecule has 2 heterocycles. The van der Waals surface area contributed by atoms with Crippen molar-refractivity contribution in [1.82, 2.24) is 15.5 Å². The van der Waals surface area contributed by atoms with E-state index in [4.69, 9.17) is 9.47 Å². The van der Waals surface area contributed by atoms with Gasteiger partial charge in [-0.05, 0) is 56.1 Å². The molecule has 6 nitrogen and oxygen atoms in total. The van der Waals surface area contributed by atoms with Crippen LogP contribution in [0.2, 0.25) is 0 Å². The topological polar surface area (TPSA) is 62.8 Å². The van der Waals surface area contributed by atoms with Gasteiger partial charge in [0, 0.05) is 13.1 Å². The molecule has 0 radical (unpaired) electrons. The number of likely N-dealkylation sites (tertiary alicyclic amines) is 1. The number of methoxy groups -OCH3 is 1. The van der Waals surface area contributed by atoms with Gasteiger partial charge in [-0.3, -0.25) is 0 Å². The van der Waals surface area contributed by atoms with Crippen LogP contribution in [-0.2, 0) is 6.42 Å². The van der Waals surface area contributed by atoms with Crippen LogP contribution in [0.3, 0.4) is 0 Å². The Morgan fingerprint density at radius 1 is 1.39 bits per heavy atom. The van der Waals surface area contributed by atoms with Crippen LogP contribution in [0, 0.1) is 0 Å². The van der Waals surface area contributed by atoms with E-state index in [0.29, 0.717) is 13.2 Å². The molecular formula is C17H25N3O3. The van der Waals surface area contributed by atoms with Crippen molar-refractivity contribution in [2.75, 3.05) is 39.9 Å². The summed E-state index contributed by atoms with van der Waals surface area (Å²) >= 11 is 0. The molecule has 1 aromatic rings. The molecule has 1 fully saturated rings. The Balaban J connectivity index is 1.43. The Labute approximate surface area is 137 Å². The highest BCUT2D eigenvalue weighted by molar-refractivity contribution is 5.74. The number of hydrogen-bond acceptors (Lipinski definition) is 4. The third kappa shape index (κ3) is 4.28. The zero-order valence-corrected chi connectivity index (χ0v) is 13.6. The molecule has 1 saturated heterocycles. The maximum absolute atomic E-state index is 12.0. The molecule has 2 aliphatic rings. The van der Waals surface area contributed by atoms with Gasteiger partial charge < -0.3 is 25.0 Å². The first kappa shape index (κ1) is 15.9. The Kier molecular flexibility index (Phi) is 5.23. The second-order valence-electron chi connectivity index (χ2n) is 6.13. The lowest BCUT2D eigenvalue weighted by molar-refractivity contribution is 0.213. The van der Waals surface area contributed by atoms with E-state index in [1.54, 1.807) is 7.11 Å². The summed E-state index contributed by atoms with van der Waals surface area (Å²) < 4.78 is 11.0. The van der Waals surface area contributed by atoms with E-state index in [1.165, 1.54) is 12.8 Å². The van der Waals surface area contributed by atoms with E-state index < -0.39 is 0 Å². The van der Waals surface area contributed by atoms with E-state index in [0.717, 1.165) is 43.1 Å². The summed E-state index contributed by atoms with van der Waals surface area (Å²) in [6, 6.07) is 5.64. The minimum Gasteiger partial charge on any atom is -0.497 e. The molecule has 2 N–H and O–H groups in total. The number of amides is 2. The Bertz CT molecular complexity index is 544. The van der Waals surface area contributed by atoms with Crippen LogP contribution in [0.4, 0.5) is 4.79 Å². The number of urea groups is 1. The van der Waals surface area contributed by atoms with Gasteiger partial charge in [-0.1, -0.05) is 0 Å². The number of ether oxygens (including phenoxy) is 2. The number of nitrogens with one attached hydrogen (secondary N) is 2. The van der Waals surface area contributed by atoms with Gasteiger partial charge in [0.1, 0.15) is 18.1 Å². The van der Waals surface area contributed by atoms with Crippen molar-refractivity contribution in [3.63, 3.8) is 0 Å². The van der Waals surface area contributed by atoms with E-state index in [9.17, 15) is 4.79 Å². The van der Waals surface area contributed by atoms with Crippen molar-refractivity contribution in [3.8, 4) is 11.5 Å². The Morgan fingerprint density at radius 3 is 3.00 bits per heavy atom. The first-order valence-electron chi connectivity index (χ1n) is 8.31. The molecule has 0 spiro atoms. The summed E-state index contributed by atoms with van der Waals surface area (Å²) in [6.45, 7) is 4.41. The molecule has 0 bridgehead atoms. The van der Waals surface area contributed by atoms with Crippen LogP contribution in [0.25, 0.3) is 0 Å². The number of rotatable bonds is 5. The zero-order chi connectivity index (χ0) is 16.1. The first-order chi connectivity index (χ1) is 11.2. The molecular weight excluding hydrogens is 294 g/mol. The molecule has 0 unspecified atom stereocenters. The molecule has 3 rings (SSSR count). The molecule has 126 valence electrons. The van der Waals surface area contributed by atoms with E-state index in [2.05, 4.69) is 15.5 Å². The fourth-order valence-corrected chi connectivity index (χ4v) is 3.16. The van der Waals surface area contributed by atoms with Gasteiger partial charge in [0.05, 0.1) is 13.2 Å². The molecule has 6 heteroatoms. The summed E-state index contributed by atoms with van der Waals surface area (Å²) in [7, 11) is 1.65. The van der Waals surface area contributed by atoms with Crippen molar-refractivity contribution in [1.29, 1.82) is 0 Å². The largest absolute Gasteiger partial charge is 0.497 e. The van der Waals surface area contributed by atoms with Gasteiger partial charge in [-0.15, -0.1) is 0 Å². The Morgan fingerprint density at radius 2 is 2.22 bits per heavy atom. The van der Waals surface area contributed by atoms with Crippen molar-refractivity contribution >= 4 is 6.03 Å². The second kappa shape index (κ2) is 7.55. The minimum absolute atomic E-state index is 0.0126. The summed E-state index contributed by atoms with van der Waals surface area (Å²) in [5, 5.41) is 5.92. The molecule has 1 atom stereocenters. The molecule has 0 saturated carbocycles. The Hall–Kier alpha value is -1.95. The van der Waals surface area contributed by atoms with E-state index >= 15 is 0 Å². The third-order valence-electron chi connectivity index (χ3n) is 4.42. The summed E-state index contributed by atoms with van der Waals surface area (Å²) in [5.74, 6) is 1.68. The first-order valence-corrected chi connectivity index (χ1v) is 8.31. The van der Waals surface area contributed by atoms with Gasteiger partial charge in [-0.2, -0.15) is 0 Å². The fraction of sp³-hybridized carbons (Fsp3) is 0.588. The smallest absolute Gasteiger partial charge is 0.315 e. The number of hydrogen-bond donors (Lipinski definition) is 2. The number of carbonyl (C=O) groups is 1. The van der Waals surface area contributed by atoms with Crippen LogP contribution < -0.4 is 20.1 Å². The average molecular weight is 319 g/mol. The van der Waals surface area contributed by atoms with Crippen molar-refractivity contribution < 1.29 is 14.3 Å². The van der Waals surface area contributed by atoms with Gasteiger partial charge in [0.25, 0.3) is 0 Å². The van der Waals surface area contributed by atoms with Gasteiger partial charge in [-0.25, -0.2) is 4.79 Å². The zero-order valence-electron chi connectivity index (χ0n) is 13.6. The number of benzene rings is 1. The molecule has 0 aliphatic carbocycles. The van der Waals surface area contributed by atoms with Gasteiger partial charge in [0.2, 0.25) is 0 Å². The molecule has 0 aromatic heterocycles. The van der Waals surface area contributed by atoms with E-state index in [1.807, 2.05) is 18.2 Å². The minimum atomic E-state index is -0.121. The van der Waals surface area contributed by atoms with E-state index in [-0.39, 0.29) is 12.1 Å². The highest BCUT2D eigenvalue weighted by atomic mass is 16.5. The SMILES string of the molecule is COc1ccc2c(c1)C[C@H](NC(=O)NCCN1CCCC1)CO2. The van der Waals surface area contributed by atoms with Crippen molar-refractivity contribution in [3.05, 3.63) is 23.8 Å². The second-order valence-corrected chi connectivity index (χ2v) is 6.13. The molecule has 2 amide bonds. The maximum atomic E-state index is 12.0. The summed E-state index contributed by atoms with van der Waals surface area (Å²) in [6.07, 6.45) is 3.30. The third-order valence-corrected chi connectivity index (χ3v) is 4.42. The molecule has 23 heavy (non-hydrogen) atoms. The van der Waals surface area contributed by atoms with Gasteiger partial charge >= 0.3 is 6.03 Å². The van der Waals surface area contributed by atoms with Crippen LogP contribution in [0.1, 0.15) is 18.4 Å². The predicted molar refractivity (Wildman–Crippen MR) is 88.2 cm³/mol. The number of nitrogens with zero attached hydrogens (tertiary/aromatic N) is 1. The van der Waals surface area contributed by atoms with Crippen LogP contribution in [0.15, 0.2) is 18.2 Å². The lowest BCUT2D eigenvalue weighted by Crippen LogP contribution is -2.48. The molecule has 2 aliphatic heterocycles. The lowest BCUT2D eigenvalue weighted by atomic mass is 10.0. The monoisotopic (exact) mass is 319 g/mol. The normalized spacial score (nSPS) is 20.5. The number of carbonyl (C=O) groups excluding carboxylic acids is 1. The average Bonchev–Trinajstić information content (AvgIpc) is 3.07. The summed E-state index contributed by atoms with van der Waals surface area (Å²) in [4.78, 5) is 14.4. The van der Waals surface area contributed by atoms with Crippen LogP contribution in [-0.4, -0.2) is 56.9 Å². The van der Waals surface area contributed by atoms with Crippen LogP contribution >= 0.6 is 0 Å². The predicted octanol–water partition coefficient (Wildman–Crippen LogP) is 1.39. The maximum Gasteiger partial charge on any atom is 0.315 e. The van der Waals surface area contributed by atoms with Crippen molar-refractivity contribution in [2.24, 2.45) is 0 Å². The number of fused-ring (bicyclic) bond motifs is 1. The van der Waals surface area contributed by atoms with Crippen LogP contribution in [0.5, 0.6) is 11.5 Å². The summed E-state index contributed by atoms with van der Waals surface area (Å²) in [5.41, 5.74) is 1.07. The highest BCUT2D eigenvalue weighted by Gasteiger charge is 2.22. The fourth-order valence-electron chi connectivity index (χ4n) is 3.16. The molecule has 1 aromatic carbocycles. The van der Waals surface area contributed by atoms with Crippen molar-refractivity contribution in [2.45, 2.75) is 25.3 Å². The standard InChI is InChI=1S/C17H25N3O3/c1-22-15-4-5-16-13(11-15)10-14(12-23-16)19-17(21)18-6-9-20-7-2-3-8-20/h4-5,11,14H,2-3,6-10,12H2,1H3,(H2,18,19,21)/t14-/m0/s1. The lowest BCUT2D eigenvalue weighted by Gasteiger charge is -2.26. The quantitative estimate of drug-likeness (QED) is 0.861. The van der Waals surface area contributed by atoms with Gasteiger partial charge in [0.15, 0.2) is 0 Å².